The maximum atomic E-state index is 11.8. The minimum absolute atomic E-state index is 0.0811. The van der Waals surface area contributed by atoms with Crippen molar-refractivity contribution >= 4 is 33.1 Å². The number of amides is 1. The lowest BCUT2D eigenvalue weighted by molar-refractivity contribution is -0.384. The van der Waals surface area contributed by atoms with Crippen molar-refractivity contribution in [2.75, 3.05) is 6.61 Å². The number of benzene rings is 2. The number of carbonyl (C=O) groups is 1. The summed E-state index contributed by atoms with van der Waals surface area (Å²) in [5.41, 5.74) is 0.821. The normalized spacial score (nSPS) is 10.5. The average Bonchev–Trinajstić information content (AvgIpc) is 3.01. The minimum atomic E-state index is -0.514. The number of nitro groups is 1. The molecule has 0 saturated heterocycles. The van der Waals surface area contributed by atoms with Crippen LogP contribution in [0, 0.1) is 10.1 Å². The highest BCUT2D eigenvalue weighted by molar-refractivity contribution is 7.18. The molecule has 0 fully saturated rings. The molecule has 122 valence electrons. The van der Waals surface area contributed by atoms with E-state index >= 15 is 0 Å². The number of para-hydroxylation sites is 1. The van der Waals surface area contributed by atoms with Crippen LogP contribution in [0.15, 0.2) is 48.5 Å². The van der Waals surface area contributed by atoms with Crippen molar-refractivity contribution in [2.45, 2.75) is 6.54 Å². The zero-order valence-corrected chi connectivity index (χ0v) is 13.3. The molecule has 3 rings (SSSR count). The van der Waals surface area contributed by atoms with Gasteiger partial charge in [-0.2, -0.15) is 0 Å². The summed E-state index contributed by atoms with van der Waals surface area (Å²) in [7, 11) is 0. The molecule has 3 aromatic rings. The number of nitrogens with one attached hydrogen (secondary N) is 1. The largest absolute Gasteiger partial charge is 0.484 e. The highest BCUT2D eigenvalue weighted by Crippen LogP contribution is 2.21. The first-order valence-electron chi connectivity index (χ1n) is 7.10. The Morgan fingerprint density at radius 2 is 2.08 bits per heavy atom. The van der Waals surface area contributed by atoms with Gasteiger partial charge in [0.05, 0.1) is 27.8 Å². The third-order valence-electron chi connectivity index (χ3n) is 3.17. The topological polar surface area (TPSA) is 94.4 Å². The molecule has 0 unspecified atom stereocenters. The summed E-state index contributed by atoms with van der Waals surface area (Å²) >= 11 is 1.52. The monoisotopic (exact) mass is 343 g/mol. The fourth-order valence-electron chi connectivity index (χ4n) is 2.06. The van der Waals surface area contributed by atoms with Crippen molar-refractivity contribution in [3.05, 3.63) is 63.7 Å². The van der Waals surface area contributed by atoms with Gasteiger partial charge < -0.3 is 10.1 Å². The number of nitrogens with zero attached hydrogens (tertiary/aromatic N) is 2. The van der Waals surface area contributed by atoms with E-state index in [0.717, 1.165) is 15.2 Å². The van der Waals surface area contributed by atoms with Crippen LogP contribution in [0.25, 0.3) is 10.2 Å². The third-order valence-corrected chi connectivity index (χ3v) is 4.21. The summed E-state index contributed by atoms with van der Waals surface area (Å²) in [5.74, 6) is -0.0416. The SMILES string of the molecule is O=C(COc1cccc([N+](=O)[O-])c1)NCc1nc2ccccc2s1. The second kappa shape index (κ2) is 7.05. The molecule has 0 aliphatic heterocycles. The molecule has 1 aromatic heterocycles. The predicted octanol–water partition coefficient (Wildman–Crippen LogP) is 2.90. The zero-order chi connectivity index (χ0) is 16.9. The van der Waals surface area contributed by atoms with Crippen LogP contribution in [0.1, 0.15) is 5.01 Å². The van der Waals surface area contributed by atoms with Crippen LogP contribution < -0.4 is 10.1 Å². The van der Waals surface area contributed by atoms with Crippen LogP contribution in [-0.4, -0.2) is 22.4 Å². The van der Waals surface area contributed by atoms with Crippen molar-refractivity contribution in [1.82, 2.24) is 10.3 Å². The molecule has 0 atom stereocenters. The van der Waals surface area contributed by atoms with Gasteiger partial charge in [0.25, 0.3) is 11.6 Å². The minimum Gasteiger partial charge on any atom is -0.484 e. The van der Waals surface area contributed by atoms with Gasteiger partial charge in [-0.05, 0) is 18.2 Å². The lowest BCUT2D eigenvalue weighted by atomic mass is 10.3. The van der Waals surface area contributed by atoms with Crippen molar-refractivity contribution in [3.8, 4) is 5.75 Å². The van der Waals surface area contributed by atoms with Crippen molar-refractivity contribution < 1.29 is 14.5 Å². The Labute approximate surface area is 141 Å². The summed E-state index contributed by atoms with van der Waals surface area (Å²) in [5, 5.41) is 14.2. The fourth-order valence-corrected chi connectivity index (χ4v) is 2.96. The number of nitro benzene ring substituents is 1. The van der Waals surface area contributed by atoms with Crippen molar-refractivity contribution in [1.29, 1.82) is 0 Å². The Bertz CT molecular complexity index is 861. The van der Waals surface area contributed by atoms with Crippen LogP contribution in [0.3, 0.4) is 0 Å². The van der Waals surface area contributed by atoms with Crippen molar-refractivity contribution in [3.63, 3.8) is 0 Å². The Balaban J connectivity index is 1.52. The van der Waals surface area contributed by atoms with E-state index in [0.29, 0.717) is 6.54 Å². The lowest BCUT2D eigenvalue weighted by Crippen LogP contribution is -2.28. The Morgan fingerprint density at radius 1 is 1.25 bits per heavy atom. The highest BCUT2D eigenvalue weighted by atomic mass is 32.1. The molecule has 0 aliphatic carbocycles. The number of rotatable bonds is 6. The maximum absolute atomic E-state index is 11.8. The molecule has 1 N–H and O–H groups in total. The first-order valence-corrected chi connectivity index (χ1v) is 7.92. The molecule has 0 spiro atoms. The zero-order valence-electron chi connectivity index (χ0n) is 12.5. The van der Waals surface area contributed by atoms with E-state index in [-0.39, 0.29) is 24.0 Å². The number of fused-ring (bicyclic) bond motifs is 1. The molecule has 24 heavy (non-hydrogen) atoms. The van der Waals surface area contributed by atoms with E-state index in [1.165, 1.54) is 29.5 Å². The molecule has 2 aromatic carbocycles. The van der Waals surface area contributed by atoms with E-state index in [1.54, 1.807) is 6.07 Å². The average molecular weight is 343 g/mol. The second-order valence-corrected chi connectivity index (χ2v) is 6.01. The molecule has 8 heteroatoms. The van der Waals surface area contributed by atoms with Gasteiger partial charge in [-0.1, -0.05) is 18.2 Å². The summed E-state index contributed by atoms with van der Waals surface area (Å²) in [6.45, 7) is 0.0997. The summed E-state index contributed by atoms with van der Waals surface area (Å²) in [6, 6.07) is 13.5. The molecule has 7 nitrogen and oxygen atoms in total. The first kappa shape index (κ1) is 15.9. The van der Waals surface area contributed by atoms with Crippen LogP contribution in [0.2, 0.25) is 0 Å². The molecule has 1 heterocycles. The molecule has 0 aliphatic rings. The quantitative estimate of drug-likeness (QED) is 0.548. The Hall–Kier alpha value is -3.00. The Kier molecular flexibility index (Phi) is 4.66. The second-order valence-electron chi connectivity index (χ2n) is 4.90. The third kappa shape index (κ3) is 3.85. The molecule has 0 radical (unpaired) electrons. The first-order chi connectivity index (χ1) is 11.6. The number of non-ortho nitro benzene ring substituents is 1. The summed E-state index contributed by atoms with van der Waals surface area (Å²) in [4.78, 5) is 26.4. The lowest BCUT2D eigenvalue weighted by Gasteiger charge is -2.06. The molecule has 0 bridgehead atoms. The molecular formula is C16H13N3O4S. The number of aromatic nitrogens is 1. The fraction of sp³-hybridized carbons (Fsp3) is 0.125. The van der Waals surface area contributed by atoms with Gasteiger partial charge in [0, 0.05) is 6.07 Å². The number of hydrogen-bond donors (Lipinski definition) is 1. The van der Waals surface area contributed by atoms with Gasteiger partial charge in [0.1, 0.15) is 10.8 Å². The van der Waals surface area contributed by atoms with E-state index in [9.17, 15) is 14.9 Å². The highest BCUT2D eigenvalue weighted by Gasteiger charge is 2.09. The Morgan fingerprint density at radius 3 is 2.88 bits per heavy atom. The smallest absolute Gasteiger partial charge is 0.273 e. The van der Waals surface area contributed by atoms with E-state index in [1.807, 2.05) is 24.3 Å². The van der Waals surface area contributed by atoms with Gasteiger partial charge in [0.2, 0.25) is 0 Å². The van der Waals surface area contributed by atoms with Gasteiger partial charge in [0.15, 0.2) is 6.61 Å². The van der Waals surface area contributed by atoms with Gasteiger partial charge in [-0.3, -0.25) is 14.9 Å². The van der Waals surface area contributed by atoms with Gasteiger partial charge in [-0.15, -0.1) is 11.3 Å². The van der Waals surface area contributed by atoms with Crippen LogP contribution in [0.5, 0.6) is 5.75 Å². The molecular weight excluding hydrogens is 330 g/mol. The molecule has 1 amide bonds. The summed E-state index contributed by atoms with van der Waals surface area (Å²) in [6.07, 6.45) is 0. The summed E-state index contributed by atoms with van der Waals surface area (Å²) < 4.78 is 6.34. The van der Waals surface area contributed by atoms with Gasteiger partial charge >= 0.3 is 0 Å². The van der Waals surface area contributed by atoms with Crippen molar-refractivity contribution in [2.24, 2.45) is 0 Å². The number of ether oxygens (including phenoxy) is 1. The number of hydrogen-bond acceptors (Lipinski definition) is 6. The van der Waals surface area contributed by atoms with Gasteiger partial charge in [-0.25, -0.2) is 4.98 Å². The standard InChI is InChI=1S/C16H13N3O4S/c20-15(10-23-12-5-3-4-11(8-12)19(21)22)17-9-16-18-13-6-1-2-7-14(13)24-16/h1-8H,9-10H2,(H,17,20). The van der Waals surface area contributed by atoms with E-state index in [2.05, 4.69) is 10.3 Å². The molecule has 0 saturated carbocycles. The number of thiazole rings is 1. The van der Waals surface area contributed by atoms with Crippen LogP contribution in [-0.2, 0) is 11.3 Å². The van der Waals surface area contributed by atoms with Crippen LogP contribution >= 0.6 is 11.3 Å². The van der Waals surface area contributed by atoms with Crippen LogP contribution in [0.4, 0.5) is 5.69 Å². The van der Waals surface area contributed by atoms with E-state index in [4.69, 9.17) is 4.74 Å². The van der Waals surface area contributed by atoms with E-state index < -0.39 is 4.92 Å². The maximum Gasteiger partial charge on any atom is 0.273 e. The number of carbonyl (C=O) groups excluding carboxylic acids is 1. The predicted molar refractivity (Wildman–Crippen MR) is 90.1 cm³/mol.